The van der Waals surface area contributed by atoms with Gasteiger partial charge in [-0.25, -0.2) is 25.6 Å². The Bertz CT molecular complexity index is 1840. The van der Waals surface area contributed by atoms with E-state index >= 15 is 0 Å². The van der Waals surface area contributed by atoms with Crippen molar-refractivity contribution in [1.82, 2.24) is 4.31 Å². The Morgan fingerprint density at radius 2 is 1.37 bits per heavy atom. The third-order valence-corrected chi connectivity index (χ3v) is 13.2. The maximum absolute atomic E-state index is 14.3. The first kappa shape index (κ1) is 29.7. The zero-order chi connectivity index (χ0) is 30.7. The molecule has 1 heterocycles. The number of sulfonamides is 1. The monoisotopic (exact) mass is 629 g/mol. The fourth-order valence-corrected chi connectivity index (χ4v) is 9.66. The number of anilines is 1. The molecule has 3 aromatic rings. The van der Waals surface area contributed by atoms with E-state index in [1.54, 1.807) is 23.1 Å². The van der Waals surface area contributed by atoms with E-state index in [0.717, 1.165) is 18.9 Å². The maximum atomic E-state index is 14.3. The van der Waals surface area contributed by atoms with Crippen molar-refractivity contribution in [2.75, 3.05) is 31.1 Å². The first-order valence-corrected chi connectivity index (χ1v) is 17.3. The minimum atomic E-state index is -3.96. The van der Waals surface area contributed by atoms with Crippen LogP contribution in [0.5, 0.6) is 0 Å². The molecule has 0 unspecified atom stereocenters. The Morgan fingerprint density at radius 1 is 0.791 bits per heavy atom. The first-order chi connectivity index (χ1) is 20.3. The van der Waals surface area contributed by atoms with E-state index in [-0.39, 0.29) is 52.8 Å². The molecule has 6 rings (SSSR count). The summed E-state index contributed by atoms with van der Waals surface area (Å²) in [6.45, 7) is 4.92. The van der Waals surface area contributed by atoms with Crippen LogP contribution in [0.1, 0.15) is 50.7 Å². The largest absolute Gasteiger partial charge is 0.410 e. The Hall–Kier alpha value is -3.35. The standard InChI is InChI=1S/C31H33F2N3O5S2/c1-31(2)11-9-21(10-12-31)42(38,39)22-4-6-24-25-7-5-23(19-27(25)30(34-37)26(24)18-22)43(40,41)36-15-13-35(14-16-36)29-8-3-20(32)17-28(29)33/h3-8,17-19,21,37H,9-16H2,1-2H3/b34-30+. The third kappa shape index (κ3) is 5.23. The molecule has 0 aromatic heterocycles. The lowest BCUT2D eigenvalue weighted by Gasteiger charge is -2.35. The number of piperazine rings is 1. The van der Waals surface area contributed by atoms with Crippen molar-refractivity contribution in [3.63, 3.8) is 0 Å². The van der Waals surface area contributed by atoms with Gasteiger partial charge in [-0.1, -0.05) is 31.1 Å². The highest BCUT2D eigenvalue weighted by atomic mass is 32.2. The Balaban J connectivity index is 1.24. The predicted molar refractivity (Wildman–Crippen MR) is 160 cm³/mol. The van der Waals surface area contributed by atoms with E-state index < -0.39 is 36.7 Å². The Kier molecular flexibility index (Phi) is 7.37. The van der Waals surface area contributed by atoms with Gasteiger partial charge in [0.05, 0.1) is 20.7 Å². The van der Waals surface area contributed by atoms with Gasteiger partial charge in [-0.3, -0.25) is 0 Å². The quantitative estimate of drug-likeness (QED) is 0.233. The summed E-state index contributed by atoms with van der Waals surface area (Å²) < 4.78 is 83.2. The van der Waals surface area contributed by atoms with Crippen molar-refractivity contribution >= 4 is 31.3 Å². The molecular weight excluding hydrogens is 596 g/mol. The number of halogens is 2. The van der Waals surface area contributed by atoms with E-state index in [1.165, 1.54) is 34.6 Å². The molecule has 0 bridgehead atoms. The zero-order valence-corrected chi connectivity index (χ0v) is 25.6. The van der Waals surface area contributed by atoms with Crippen LogP contribution in [0, 0.1) is 17.0 Å². The number of hydrogen-bond donors (Lipinski definition) is 1. The number of fused-ring (bicyclic) bond motifs is 3. The minimum absolute atomic E-state index is 0.000663. The Labute approximate surface area is 250 Å². The highest BCUT2D eigenvalue weighted by Gasteiger charge is 2.37. The average Bonchev–Trinajstić information content (AvgIpc) is 3.29. The molecule has 1 saturated heterocycles. The summed E-state index contributed by atoms with van der Waals surface area (Å²) in [5.41, 5.74) is 2.56. The summed E-state index contributed by atoms with van der Waals surface area (Å²) in [6.07, 6.45) is 2.82. The summed E-state index contributed by atoms with van der Waals surface area (Å²) >= 11 is 0. The first-order valence-electron chi connectivity index (χ1n) is 14.3. The summed E-state index contributed by atoms with van der Waals surface area (Å²) in [5, 5.41) is 13.0. The summed E-state index contributed by atoms with van der Waals surface area (Å²) in [4.78, 5) is 1.84. The molecule has 1 N–H and O–H groups in total. The van der Waals surface area contributed by atoms with Gasteiger partial charge >= 0.3 is 0 Å². The lowest BCUT2D eigenvalue weighted by molar-refractivity contribution is 0.246. The molecule has 1 saturated carbocycles. The molecule has 2 fully saturated rings. The van der Waals surface area contributed by atoms with Crippen molar-refractivity contribution in [2.45, 2.75) is 54.6 Å². The molecule has 3 aliphatic rings. The van der Waals surface area contributed by atoms with Crippen molar-refractivity contribution in [3.8, 4) is 11.1 Å². The molecule has 43 heavy (non-hydrogen) atoms. The van der Waals surface area contributed by atoms with Gasteiger partial charge in [0.15, 0.2) is 9.84 Å². The fraction of sp³-hybridized carbons (Fsp3) is 0.387. The van der Waals surface area contributed by atoms with E-state index in [2.05, 4.69) is 19.0 Å². The van der Waals surface area contributed by atoms with E-state index in [1.807, 2.05) is 0 Å². The van der Waals surface area contributed by atoms with Crippen LogP contribution in [0.4, 0.5) is 14.5 Å². The molecule has 0 radical (unpaired) electrons. The van der Waals surface area contributed by atoms with Crippen molar-refractivity contribution < 1.29 is 30.8 Å². The van der Waals surface area contributed by atoms with Crippen LogP contribution in [-0.2, 0) is 19.9 Å². The average molecular weight is 630 g/mol. The van der Waals surface area contributed by atoms with Gasteiger partial charge in [0.1, 0.15) is 17.3 Å². The lowest BCUT2D eigenvalue weighted by atomic mass is 9.77. The van der Waals surface area contributed by atoms with E-state index in [4.69, 9.17) is 0 Å². The second-order valence-corrected chi connectivity index (χ2v) is 16.4. The maximum Gasteiger partial charge on any atom is 0.243 e. The predicted octanol–water partition coefficient (Wildman–Crippen LogP) is 5.43. The number of oxime groups is 1. The van der Waals surface area contributed by atoms with Crippen molar-refractivity contribution in [1.29, 1.82) is 0 Å². The Morgan fingerprint density at radius 3 is 1.95 bits per heavy atom. The van der Waals surface area contributed by atoms with Crippen LogP contribution in [0.15, 0.2) is 69.5 Å². The number of rotatable bonds is 5. The van der Waals surface area contributed by atoms with Crippen LogP contribution in [0.2, 0.25) is 0 Å². The number of sulfone groups is 1. The third-order valence-electron chi connectivity index (χ3n) is 9.06. The molecule has 0 amide bonds. The molecular formula is C31H33F2N3O5S2. The topological polar surface area (TPSA) is 107 Å². The van der Waals surface area contributed by atoms with Gasteiger partial charge in [0.2, 0.25) is 10.0 Å². The van der Waals surface area contributed by atoms with Crippen LogP contribution in [0.25, 0.3) is 11.1 Å². The van der Waals surface area contributed by atoms with Crippen LogP contribution in [-0.4, -0.2) is 63.5 Å². The number of nitrogens with zero attached hydrogens (tertiary/aromatic N) is 3. The second kappa shape index (κ2) is 10.7. The number of benzene rings is 3. The molecule has 3 aromatic carbocycles. The zero-order valence-electron chi connectivity index (χ0n) is 23.9. The van der Waals surface area contributed by atoms with Crippen molar-refractivity contribution in [3.05, 3.63) is 77.4 Å². The summed E-state index contributed by atoms with van der Waals surface area (Å²) in [6, 6.07) is 12.7. The molecule has 12 heteroatoms. The van der Waals surface area contributed by atoms with Gasteiger partial charge in [-0.15, -0.1) is 0 Å². The van der Waals surface area contributed by atoms with Gasteiger partial charge < -0.3 is 10.1 Å². The van der Waals surface area contributed by atoms with E-state index in [9.17, 15) is 30.8 Å². The van der Waals surface area contributed by atoms with E-state index in [0.29, 0.717) is 35.1 Å². The summed E-state index contributed by atoms with van der Waals surface area (Å²) in [5.74, 6) is -1.39. The molecule has 228 valence electrons. The van der Waals surface area contributed by atoms with Crippen LogP contribution >= 0.6 is 0 Å². The highest BCUT2D eigenvalue weighted by molar-refractivity contribution is 7.92. The molecule has 8 nitrogen and oxygen atoms in total. The van der Waals surface area contributed by atoms with Gasteiger partial charge in [-0.05, 0) is 78.6 Å². The van der Waals surface area contributed by atoms with Crippen LogP contribution < -0.4 is 4.90 Å². The van der Waals surface area contributed by atoms with Gasteiger partial charge in [0, 0.05) is 43.4 Å². The van der Waals surface area contributed by atoms with Gasteiger partial charge in [-0.2, -0.15) is 4.31 Å². The normalized spacial score (nSPS) is 20.3. The summed E-state index contributed by atoms with van der Waals surface area (Å²) in [7, 11) is -7.57. The molecule has 0 atom stereocenters. The second-order valence-electron chi connectivity index (χ2n) is 12.3. The van der Waals surface area contributed by atoms with Crippen molar-refractivity contribution in [2.24, 2.45) is 10.6 Å². The molecule has 0 spiro atoms. The minimum Gasteiger partial charge on any atom is -0.410 e. The fourth-order valence-electron chi connectivity index (χ4n) is 6.43. The highest BCUT2D eigenvalue weighted by Crippen LogP contribution is 2.42. The molecule has 2 aliphatic carbocycles. The van der Waals surface area contributed by atoms with Gasteiger partial charge in [0.25, 0.3) is 0 Å². The van der Waals surface area contributed by atoms with Crippen LogP contribution in [0.3, 0.4) is 0 Å². The lowest BCUT2D eigenvalue weighted by Crippen LogP contribution is -2.48. The molecule has 1 aliphatic heterocycles. The smallest absolute Gasteiger partial charge is 0.243 e. The number of hydrogen-bond acceptors (Lipinski definition) is 7. The SMILES string of the molecule is CC1(C)CCC(S(=O)(=O)c2ccc3c(c2)/C(=N\O)c2cc(S(=O)(=O)N4CCN(c5ccc(F)cc5F)CC4)ccc2-3)CC1.